The van der Waals surface area contributed by atoms with Crippen LogP contribution in [-0.2, 0) is 11.0 Å². The molecule has 0 aliphatic heterocycles. The van der Waals surface area contributed by atoms with Crippen LogP contribution in [0.5, 0.6) is 23.0 Å². The van der Waals surface area contributed by atoms with E-state index in [9.17, 15) is 5.11 Å². The van der Waals surface area contributed by atoms with Crippen LogP contribution >= 0.6 is 0 Å². The van der Waals surface area contributed by atoms with Crippen LogP contribution in [-0.4, -0.2) is 33.5 Å². The number of aliphatic hydroxyl groups is 1. The van der Waals surface area contributed by atoms with Crippen molar-refractivity contribution in [3.63, 3.8) is 0 Å². The molecule has 0 saturated carbocycles. The third-order valence-corrected chi connectivity index (χ3v) is 7.36. The van der Waals surface area contributed by atoms with E-state index in [1.807, 2.05) is 54.6 Å². The van der Waals surface area contributed by atoms with E-state index in [0.717, 1.165) is 39.7 Å². The monoisotopic (exact) mass is 542 g/mol. The van der Waals surface area contributed by atoms with Crippen molar-refractivity contribution in [1.82, 2.24) is 0 Å². The Morgan fingerprint density at radius 3 is 1.45 bits per heavy atom. The first-order chi connectivity index (χ1) is 18.5. The van der Waals surface area contributed by atoms with Crippen LogP contribution in [0.4, 0.5) is 0 Å². The summed E-state index contributed by atoms with van der Waals surface area (Å²) in [4.78, 5) is 0. The Morgan fingerprint density at radius 1 is 0.575 bits per heavy atom. The van der Waals surface area contributed by atoms with Crippen molar-refractivity contribution in [1.29, 1.82) is 0 Å². The van der Waals surface area contributed by atoms with E-state index in [2.05, 4.69) is 38.1 Å². The first kappa shape index (κ1) is 30.6. The van der Waals surface area contributed by atoms with Gasteiger partial charge in [-0.1, -0.05) is 51.6 Å². The predicted molar refractivity (Wildman–Crippen MR) is 164 cm³/mol. The van der Waals surface area contributed by atoms with Gasteiger partial charge in [0.2, 0.25) is 0 Å². The van der Waals surface area contributed by atoms with Crippen LogP contribution in [0.2, 0.25) is 0 Å². The molecule has 0 radical (unpaired) electrons. The molecule has 0 saturated heterocycles. The Morgan fingerprint density at radius 2 is 1.00 bits per heavy atom. The lowest BCUT2D eigenvalue weighted by atomic mass is 9.82. The van der Waals surface area contributed by atoms with Crippen molar-refractivity contribution in [3.8, 4) is 45.3 Å². The summed E-state index contributed by atoms with van der Waals surface area (Å²) in [5.41, 5.74) is 7.07. The quantitative estimate of drug-likeness (QED) is 0.266. The van der Waals surface area contributed by atoms with E-state index < -0.39 is 5.60 Å². The number of methoxy groups -OCH3 is 4. The fourth-order valence-electron chi connectivity index (χ4n) is 5.19. The van der Waals surface area contributed by atoms with Crippen molar-refractivity contribution in [2.75, 3.05) is 28.4 Å². The van der Waals surface area contributed by atoms with Crippen LogP contribution in [0.3, 0.4) is 0 Å². The Labute approximate surface area is 239 Å². The second-order valence-electron chi connectivity index (χ2n) is 10.7. The number of ether oxygens (including phenoxy) is 4. The van der Waals surface area contributed by atoms with E-state index in [0.29, 0.717) is 0 Å². The third-order valence-electron chi connectivity index (χ3n) is 7.36. The molecular formula is C35H42O5. The largest absolute Gasteiger partial charge is 0.497 e. The molecular weight excluding hydrogens is 500 g/mol. The van der Waals surface area contributed by atoms with Crippen LogP contribution in [0, 0.1) is 0 Å². The van der Waals surface area contributed by atoms with Gasteiger partial charge in [0.15, 0.2) is 0 Å². The van der Waals surface area contributed by atoms with Crippen LogP contribution < -0.4 is 18.9 Å². The van der Waals surface area contributed by atoms with Gasteiger partial charge in [-0.25, -0.2) is 0 Å². The van der Waals surface area contributed by atoms with Gasteiger partial charge < -0.3 is 24.1 Å². The lowest BCUT2D eigenvalue weighted by molar-refractivity contribution is 0.0791. The van der Waals surface area contributed by atoms with E-state index in [1.54, 1.807) is 42.3 Å². The Hall–Kier alpha value is -3.96. The zero-order valence-electron chi connectivity index (χ0n) is 24.1. The lowest BCUT2D eigenvalue weighted by Gasteiger charge is -2.22. The first-order valence-corrected chi connectivity index (χ1v) is 13.0. The number of hydrogen-bond acceptors (Lipinski definition) is 5. The summed E-state index contributed by atoms with van der Waals surface area (Å²) >= 11 is 0. The minimum Gasteiger partial charge on any atom is -0.497 e. The summed E-state index contributed by atoms with van der Waals surface area (Å²) in [6.45, 7) is 8.07. The second kappa shape index (κ2) is 12.1. The molecule has 0 atom stereocenters. The molecule has 1 N–H and O–H groups in total. The maximum Gasteiger partial charge on any atom is 0.119 e. The van der Waals surface area contributed by atoms with Crippen LogP contribution in [0.1, 0.15) is 51.8 Å². The van der Waals surface area contributed by atoms with Gasteiger partial charge in [0.05, 0.1) is 34.0 Å². The number of rotatable bonds is 6. The molecule has 0 bridgehead atoms. The highest BCUT2D eigenvalue weighted by Crippen LogP contribution is 2.50. The number of hydrogen-bond donors (Lipinski definition) is 1. The SMILES string of the molecule is C.COc1ccc2c(c1)-c1cc(OC)ccc1C2(C)C.COc1cccc(-c2cc(OC)ccc2C(C)(C)O)c1. The van der Waals surface area contributed by atoms with Crippen molar-refractivity contribution >= 4 is 0 Å². The van der Waals surface area contributed by atoms with E-state index >= 15 is 0 Å². The van der Waals surface area contributed by atoms with Gasteiger partial charge in [-0.3, -0.25) is 0 Å². The molecule has 5 nitrogen and oxygen atoms in total. The van der Waals surface area contributed by atoms with E-state index in [1.165, 1.54) is 22.3 Å². The van der Waals surface area contributed by atoms with Gasteiger partial charge in [-0.2, -0.15) is 0 Å². The summed E-state index contributed by atoms with van der Waals surface area (Å²) in [6.07, 6.45) is 0. The molecule has 0 unspecified atom stereocenters. The minimum absolute atomic E-state index is 0. The Kier molecular flexibility index (Phi) is 9.21. The second-order valence-corrected chi connectivity index (χ2v) is 10.7. The molecule has 40 heavy (non-hydrogen) atoms. The third kappa shape index (κ3) is 5.95. The van der Waals surface area contributed by atoms with Crippen molar-refractivity contribution in [2.45, 2.75) is 46.1 Å². The fraction of sp³-hybridized carbons (Fsp3) is 0.314. The number of fused-ring (bicyclic) bond motifs is 3. The maximum absolute atomic E-state index is 10.3. The van der Waals surface area contributed by atoms with Crippen LogP contribution in [0.25, 0.3) is 22.3 Å². The molecule has 212 valence electrons. The smallest absolute Gasteiger partial charge is 0.119 e. The van der Waals surface area contributed by atoms with Gasteiger partial charge >= 0.3 is 0 Å². The van der Waals surface area contributed by atoms with Gasteiger partial charge in [0.25, 0.3) is 0 Å². The normalized spacial score (nSPS) is 12.6. The molecule has 0 aromatic heterocycles. The lowest BCUT2D eigenvalue weighted by Crippen LogP contribution is -2.16. The average molecular weight is 543 g/mol. The minimum atomic E-state index is -0.926. The van der Waals surface area contributed by atoms with Crippen molar-refractivity contribution in [2.24, 2.45) is 0 Å². The predicted octanol–water partition coefficient (Wildman–Crippen LogP) is 8.24. The van der Waals surface area contributed by atoms with E-state index in [4.69, 9.17) is 18.9 Å². The molecule has 5 heteroatoms. The molecule has 1 aliphatic carbocycles. The highest BCUT2D eigenvalue weighted by atomic mass is 16.5. The zero-order valence-corrected chi connectivity index (χ0v) is 24.1. The Balaban J connectivity index is 0.000000215. The highest BCUT2D eigenvalue weighted by molar-refractivity contribution is 5.82. The maximum atomic E-state index is 10.3. The molecule has 0 fully saturated rings. The molecule has 5 rings (SSSR count). The Bertz CT molecular complexity index is 1410. The van der Waals surface area contributed by atoms with Crippen LogP contribution in [0.15, 0.2) is 78.9 Å². The standard InChI is InChI=1S/C17H20O3.C17H18O2.CH4/c1-17(2,18)16-9-8-14(20-4)11-15(16)12-6-5-7-13(10-12)19-3;1-17(2)15-7-5-11(18-3)9-13(15)14-10-12(19-4)6-8-16(14)17;/h5-11,18H,1-4H3;5-10H,1-4H3;1H4. The summed E-state index contributed by atoms with van der Waals surface area (Å²) in [5.74, 6) is 3.33. The first-order valence-electron chi connectivity index (χ1n) is 13.0. The van der Waals surface area contributed by atoms with Gasteiger partial charge in [-0.15, -0.1) is 0 Å². The van der Waals surface area contributed by atoms with Crippen molar-refractivity contribution < 1.29 is 24.1 Å². The molecule has 0 amide bonds. The molecule has 4 aromatic rings. The summed E-state index contributed by atoms with van der Waals surface area (Å²) in [5, 5.41) is 10.3. The van der Waals surface area contributed by atoms with Gasteiger partial charge in [-0.05, 0) is 101 Å². The summed E-state index contributed by atoms with van der Waals surface area (Å²) in [7, 11) is 6.68. The molecule has 4 aromatic carbocycles. The van der Waals surface area contributed by atoms with Crippen molar-refractivity contribution in [3.05, 3.63) is 95.6 Å². The summed E-state index contributed by atoms with van der Waals surface area (Å²) in [6, 6.07) is 26.1. The zero-order chi connectivity index (χ0) is 28.4. The molecule has 0 heterocycles. The van der Waals surface area contributed by atoms with E-state index in [-0.39, 0.29) is 12.8 Å². The highest BCUT2D eigenvalue weighted by Gasteiger charge is 2.35. The van der Waals surface area contributed by atoms with Gasteiger partial charge in [0, 0.05) is 5.41 Å². The van der Waals surface area contributed by atoms with Gasteiger partial charge in [0.1, 0.15) is 23.0 Å². The average Bonchev–Trinajstić information content (AvgIpc) is 3.17. The molecule has 0 spiro atoms. The fourth-order valence-corrected chi connectivity index (χ4v) is 5.19. The molecule has 1 aliphatic rings. The number of benzene rings is 4. The summed E-state index contributed by atoms with van der Waals surface area (Å²) < 4.78 is 21.2. The topological polar surface area (TPSA) is 57.2 Å².